The average Bonchev–Trinajstić information content (AvgIpc) is 3.02. The molecule has 2 aliphatic rings. The molecule has 1 unspecified atom stereocenters. The first-order valence-electron chi connectivity index (χ1n) is 7.36. The van der Waals surface area contributed by atoms with Gasteiger partial charge in [0.15, 0.2) is 0 Å². The molecule has 126 valence electrons. The van der Waals surface area contributed by atoms with Crippen LogP contribution in [0.4, 0.5) is 4.79 Å². The molecule has 2 atom stereocenters. The zero-order valence-electron chi connectivity index (χ0n) is 12.9. The van der Waals surface area contributed by atoms with Crippen molar-refractivity contribution in [3.05, 3.63) is 0 Å². The number of carboxylic acids is 1. The van der Waals surface area contributed by atoms with Gasteiger partial charge in [0.2, 0.25) is 10.0 Å². The summed E-state index contributed by atoms with van der Waals surface area (Å²) >= 11 is 0. The zero-order valence-corrected chi connectivity index (χ0v) is 13.7. The maximum absolute atomic E-state index is 12.1. The molecule has 2 saturated heterocycles. The van der Waals surface area contributed by atoms with Crippen LogP contribution in [0.1, 0.15) is 26.2 Å². The minimum Gasteiger partial charge on any atom is -0.481 e. The second kappa shape index (κ2) is 6.04. The van der Waals surface area contributed by atoms with Crippen molar-refractivity contribution in [3.8, 4) is 0 Å². The third-order valence-electron chi connectivity index (χ3n) is 4.51. The molecule has 2 N–H and O–H groups in total. The number of carbonyl (C=O) groups is 2. The highest BCUT2D eigenvalue weighted by atomic mass is 32.2. The molecule has 0 aliphatic carbocycles. The molecular weight excluding hydrogens is 310 g/mol. The number of sulfonamides is 1. The van der Waals surface area contributed by atoms with Gasteiger partial charge in [0.25, 0.3) is 0 Å². The topological polar surface area (TPSA) is 107 Å². The summed E-state index contributed by atoms with van der Waals surface area (Å²) in [5.41, 5.74) is -0.899. The zero-order chi connectivity index (χ0) is 16.5. The minimum atomic E-state index is -3.26. The van der Waals surface area contributed by atoms with E-state index in [1.165, 1.54) is 15.5 Å². The van der Waals surface area contributed by atoms with Crippen LogP contribution >= 0.6 is 0 Å². The summed E-state index contributed by atoms with van der Waals surface area (Å²) < 4.78 is 24.7. The Balaban J connectivity index is 1.88. The molecule has 2 fully saturated rings. The van der Waals surface area contributed by atoms with Crippen LogP contribution in [-0.2, 0) is 14.8 Å². The highest BCUT2D eigenvalue weighted by molar-refractivity contribution is 7.88. The summed E-state index contributed by atoms with van der Waals surface area (Å²) in [6.45, 7) is 2.95. The van der Waals surface area contributed by atoms with E-state index >= 15 is 0 Å². The monoisotopic (exact) mass is 333 g/mol. The fourth-order valence-corrected chi connectivity index (χ4v) is 4.26. The van der Waals surface area contributed by atoms with Crippen molar-refractivity contribution in [3.63, 3.8) is 0 Å². The standard InChI is InChI=1S/C13H23N3O5S/c1-13(11(17)18)5-7-15(9-13)12(19)14-8-10-4-3-6-16(10)22(2,20)21/h10H,3-9H2,1-2H3,(H,14,19)(H,17,18)/t10-,13?/m1/s1. The Hall–Kier alpha value is -1.35. The van der Waals surface area contributed by atoms with Gasteiger partial charge in [-0.05, 0) is 26.2 Å². The first-order chi connectivity index (χ1) is 10.1. The van der Waals surface area contributed by atoms with E-state index in [1.807, 2.05) is 0 Å². The highest BCUT2D eigenvalue weighted by Crippen LogP contribution is 2.30. The van der Waals surface area contributed by atoms with Crippen molar-refractivity contribution in [2.45, 2.75) is 32.2 Å². The molecule has 0 spiro atoms. The molecule has 0 aromatic heterocycles. The molecule has 2 heterocycles. The molecule has 2 amide bonds. The van der Waals surface area contributed by atoms with Crippen LogP contribution < -0.4 is 5.32 Å². The van der Waals surface area contributed by atoms with Gasteiger partial charge >= 0.3 is 12.0 Å². The molecule has 9 heteroatoms. The van der Waals surface area contributed by atoms with Crippen molar-refractivity contribution in [1.82, 2.24) is 14.5 Å². The molecule has 0 radical (unpaired) electrons. The first kappa shape index (κ1) is 17.0. The maximum Gasteiger partial charge on any atom is 0.317 e. The van der Waals surface area contributed by atoms with Crippen molar-refractivity contribution >= 4 is 22.0 Å². The van der Waals surface area contributed by atoms with Gasteiger partial charge < -0.3 is 15.3 Å². The Labute approximate surface area is 130 Å². The summed E-state index contributed by atoms with van der Waals surface area (Å²) in [6.07, 6.45) is 3.11. The number of nitrogens with zero attached hydrogens (tertiary/aromatic N) is 2. The van der Waals surface area contributed by atoms with E-state index in [2.05, 4.69) is 5.32 Å². The van der Waals surface area contributed by atoms with Gasteiger partial charge in [-0.25, -0.2) is 13.2 Å². The maximum atomic E-state index is 12.1. The van der Waals surface area contributed by atoms with Crippen LogP contribution in [-0.4, -0.2) is 73.2 Å². The minimum absolute atomic E-state index is 0.175. The largest absolute Gasteiger partial charge is 0.481 e. The molecular formula is C13H23N3O5S. The molecule has 0 aromatic carbocycles. The quantitative estimate of drug-likeness (QED) is 0.748. The molecule has 22 heavy (non-hydrogen) atoms. The Morgan fingerprint density at radius 1 is 1.36 bits per heavy atom. The van der Waals surface area contributed by atoms with Crippen molar-refractivity contribution in [2.24, 2.45) is 5.41 Å². The molecule has 0 bridgehead atoms. The first-order valence-corrected chi connectivity index (χ1v) is 9.21. The van der Waals surface area contributed by atoms with Gasteiger partial charge in [-0.2, -0.15) is 4.31 Å². The summed E-state index contributed by atoms with van der Waals surface area (Å²) in [5, 5.41) is 11.9. The molecule has 2 rings (SSSR count). The van der Waals surface area contributed by atoms with E-state index in [-0.39, 0.29) is 25.2 Å². The smallest absolute Gasteiger partial charge is 0.317 e. The Kier molecular flexibility index (Phi) is 4.67. The third kappa shape index (κ3) is 3.52. The van der Waals surface area contributed by atoms with Gasteiger partial charge in [-0.3, -0.25) is 4.79 Å². The normalized spacial score (nSPS) is 29.7. The molecule has 2 aliphatic heterocycles. The molecule has 0 aromatic rings. The third-order valence-corrected chi connectivity index (χ3v) is 5.85. The van der Waals surface area contributed by atoms with Crippen LogP contribution in [0.25, 0.3) is 0 Å². The average molecular weight is 333 g/mol. The van der Waals surface area contributed by atoms with Crippen molar-refractivity contribution in [2.75, 3.05) is 32.4 Å². The van der Waals surface area contributed by atoms with Gasteiger partial charge in [0, 0.05) is 32.2 Å². The lowest BCUT2D eigenvalue weighted by Gasteiger charge is -2.24. The van der Waals surface area contributed by atoms with E-state index in [9.17, 15) is 18.0 Å². The van der Waals surface area contributed by atoms with E-state index in [4.69, 9.17) is 5.11 Å². The van der Waals surface area contributed by atoms with E-state index in [0.29, 0.717) is 19.5 Å². The lowest BCUT2D eigenvalue weighted by Crippen LogP contribution is -2.47. The lowest BCUT2D eigenvalue weighted by atomic mass is 9.90. The Morgan fingerprint density at radius 2 is 2.05 bits per heavy atom. The van der Waals surface area contributed by atoms with Gasteiger partial charge in [0.05, 0.1) is 11.7 Å². The predicted molar refractivity (Wildman–Crippen MR) is 79.9 cm³/mol. The number of aliphatic carboxylic acids is 1. The van der Waals surface area contributed by atoms with E-state index < -0.39 is 21.4 Å². The number of amides is 2. The number of carboxylic acid groups (broad SMARTS) is 1. The van der Waals surface area contributed by atoms with Gasteiger partial charge in [-0.1, -0.05) is 0 Å². The number of urea groups is 1. The van der Waals surface area contributed by atoms with Gasteiger partial charge in [0.1, 0.15) is 0 Å². The highest BCUT2D eigenvalue weighted by Gasteiger charge is 2.42. The van der Waals surface area contributed by atoms with E-state index in [0.717, 1.165) is 12.8 Å². The number of likely N-dealkylation sites (tertiary alicyclic amines) is 1. The number of hydrogen-bond acceptors (Lipinski definition) is 4. The number of hydrogen-bond donors (Lipinski definition) is 2. The molecule has 0 saturated carbocycles. The fourth-order valence-electron chi connectivity index (χ4n) is 3.08. The summed E-state index contributed by atoms with van der Waals surface area (Å²) in [7, 11) is -3.26. The summed E-state index contributed by atoms with van der Waals surface area (Å²) in [5.74, 6) is -0.901. The second-order valence-electron chi connectivity index (χ2n) is 6.39. The number of nitrogens with one attached hydrogen (secondary N) is 1. The van der Waals surface area contributed by atoms with Crippen LogP contribution in [0, 0.1) is 5.41 Å². The fraction of sp³-hybridized carbons (Fsp3) is 0.846. The van der Waals surface area contributed by atoms with Crippen molar-refractivity contribution < 1.29 is 23.1 Å². The van der Waals surface area contributed by atoms with Crippen molar-refractivity contribution in [1.29, 1.82) is 0 Å². The second-order valence-corrected chi connectivity index (χ2v) is 8.33. The molecule has 8 nitrogen and oxygen atoms in total. The Morgan fingerprint density at radius 3 is 2.59 bits per heavy atom. The lowest BCUT2D eigenvalue weighted by molar-refractivity contribution is -0.147. The SMILES string of the molecule is CC1(C(=O)O)CCN(C(=O)NC[C@H]2CCCN2S(C)(=O)=O)C1. The van der Waals surface area contributed by atoms with Crippen LogP contribution in [0.5, 0.6) is 0 Å². The van der Waals surface area contributed by atoms with Crippen LogP contribution in [0.15, 0.2) is 0 Å². The van der Waals surface area contributed by atoms with Crippen LogP contribution in [0.3, 0.4) is 0 Å². The summed E-state index contributed by atoms with van der Waals surface area (Å²) in [6, 6.07) is -0.544. The summed E-state index contributed by atoms with van der Waals surface area (Å²) in [4.78, 5) is 24.8. The Bertz CT molecular complexity index is 564. The van der Waals surface area contributed by atoms with Gasteiger partial charge in [-0.15, -0.1) is 0 Å². The predicted octanol–water partition coefficient (Wildman–Crippen LogP) is -0.0834. The van der Waals surface area contributed by atoms with E-state index in [1.54, 1.807) is 6.92 Å². The van der Waals surface area contributed by atoms with Crippen LogP contribution in [0.2, 0.25) is 0 Å². The number of rotatable bonds is 4. The number of carbonyl (C=O) groups excluding carboxylic acids is 1.